The Bertz CT molecular complexity index is 966. The zero-order valence-corrected chi connectivity index (χ0v) is 18.3. The molecule has 8 heteroatoms. The molecule has 1 heterocycles. The molecule has 0 aliphatic carbocycles. The number of halogens is 3. The van der Waals surface area contributed by atoms with E-state index in [0.29, 0.717) is 25.2 Å². The number of rotatable bonds is 5. The lowest BCUT2D eigenvalue weighted by atomic mass is 9.88. The maximum Gasteiger partial charge on any atom is 0.416 e. The van der Waals surface area contributed by atoms with Gasteiger partial charge >= 0.3 is 12.3 Å². The van der Waals surface area contributed by atoms with Gasteiger partial charge in [0.05, 0.1) is 5.56 Å². The Morgan fingerprint density at radius 2 is 1.84 bits per heavy atom. The molecule has 1 N–H and O–H groups in total. The molecule has 0 radical (unpaired) electrons. The summed E-state index contributed by atoms with van der Waals surface area (Å²) in [6, 6.07) is 10.6. The second-order valence-electron chi connectivity index (χ2n) is 8.89. The fraction of sp³-hybridized carbons (Fsp3) is 0.417. The number of nitrogens with zero attached hydrogens (tertiary/aromatic N) is 1. The highest BCUT2D eigenvalue weighted by Crippen LogP contribution is 2.38. The molecule has 172 valence electrons. The summed E-state index contributed by atoms with van der Waals surface area (Å²) in [5.41, 5.74) is 1.98. The number of ether oxygens (including phenoxy) is 1. The van der Waals surface area contributed by atoms with Gasteiger partial charge in [-0.3, -0.25) is 0 Å². The SMILES string of the molecule is CC(C)(C)OC(=O)NCC1Cc2c(CC=O)cccc2N(c2ccc(C(F)(F)F)cc2)C1. The van der Waals surface area contributed by atoms with E-state index in [0.717, 1.165) is 35.2 Å². The van der Waals surface area contributed by atoms with E-state index >= 15 is 0 Å². The summed E-state index contributed by atoms with van der Waals surface area (Å²) >= 11 is 0. The molecule has 2 aromatic rings. The Labute approximate surface area is 185 Å². The van der Waals surface area contributed by atoms with Crippen LogP contribution in [0.1, 0.15) is 37.5 Å². The fourth-order valence-corrected chi connectivity index (χ4v) is 3.85. The molecule has 0 saturated heterocycles. The standard InChI is InChI=1S/C24H27F3N2O3/c1-23(2,3)32-22(31)28-14-16-13-20-17(11-12-30)5-4-6-21(20)29(15-16)19-9-7-18(8-10-19)24(25,26)27/h4-10,12,16H,11,13-15H2,1-3H3,(H,28,31). The third-order valence-corrected chi connectivity index (χ3v) is 5.22. The lowest BCUT2D eigenvalue weighted by molar-refractivity contribution is -0.137. The minimum atomic E-state index is -4.41. The first kappa shape index (κ1) is 23.6. The third-order valence-electron chi connectivity index (χ3n) is 5.22. The van der Waals surface area contributed by atoms with Gasteiger partial charge in [-0.25, -0.2) is 4.79 Å². The van der Waals surface area contributed by atoms with Gasteiger partial charge in [-0.15, -0.1) is 0 Å². The third kappa shape index (κ3) is 5.81. The van der Waals surface area contributed by atoms with E-state index in [2.05, 4.69) is 5.32 Å². The van der Waals surface area contributed by atoms with Crippen LogP contribution in [0.3, 0.4) is 0 Å². The summed E-state index contributed by atoms with van der Waals surface area (Å²) in [5, 5.41) is 2.79. The van der Waals surface area contributed by atoms with Crippen molar-refractivity contribution in [2.75, 3.05) is 18.0 Å². The van der Waals surface area contributed by atoms with Crippen molar-refractivity contribution in [2.45, 2.75) is 45.4 Å². The molecule has 0 fully saturated rings. The van der Waals surface area contributed by atoms with Gasteiger partial charge in [-0.2, -0.15) is 13.2 Å². The van der Waals surface area contributed by atoms with E-state index in [4.69, 9.17) is 4.74 Å². The number of carbonyl (C=O) groups is 2. The van der Waals surface area contributed by atoms with Gasteiger partial charge in [0.1, 0.15) is 11.9 Å². The van der Waals surface area contributed by atoms with Gasteiger partial charge in [0.2, 0.25) is 0 Å². The number of hydrogen-bond acceptors (Lipinski definition) is 4. The number of hydrogen-bond donors (Lipinski definition) is 1. The predicted molar refractivity (Wildman–Crippen MR) is 116 cm³/mol. The van der Waals surface area contributed by atoms with Gasteiger partial charge in [0.25, 0.3) is 0 Å². The van der Waals surface area contributed by atoms with Crippen molar-refractivity contribution in [1.82, 2.24) is 5.32 Å². The van der Waals surface area contributed by atoms with Gasteiger partial charge < -0.3 is 19.7 Å². The van der Waals surface area contributed by atoms with Crippen LogP contribution in [0.4, 0.5) is 29.3 Å². The zero-order chi connectivity index (χ0) is 23.5. The lowest BCUT2D eigenvalue weighted by Crippen LogP contribution is -2.41. The minimum Gasteiger partial charge on any atom is -0.444 e. The van der Waals surface area contributed by atoms with Crippen LogP contribution in [0.2, 0.25) is 0 Å². The number of amides is 1. The number of carbonyl (C=O) groups excluding carboxylic acids is 2. The van der Waals surface area contributed by atoms with Crippen LogP contribution in [0.25, 0.3) is 0 Å². The Morgan fingerprint density at radius 3 is 2.44 bits per heavy atom. The normalized spacial score (nSPS) is 16.3. The van der Waals surface area contributed by atoms with Crippen LogP contribution in [0, 0.1) is 5.92 Å². The zero-order valence-electron chi connectivity index (χ0n) is 18.3. The van der Waals surface area contributed by atoms with Crippen molar-refractivity contribution in [3.8, 4) is 0 Å². The van der Waals surface area contributed by atoms with Crippen LogP contribution < -0.4 is 10.2 Å². The molecule has 32 heavy (non-hydrogen) atoms. The first-order valence-electron chi connectivity index (χ1n) is 10.4. The average Bonchev–Trinajstić information content (AvgIpc) is 2.70. The molecule has 1 atom stereocenters. The average molecular weight is 448 g/mol. The summed E-state index contributed by atoms with van der Waals surface area (Å²) < 4.78 is 44.3. The molecule has 3 rings (SSSR count). The van der Waals surface area contributed by atoms with Gasteiger partial charge in [-0.1, -0.05) is 12.1 Å². The van der Waals surface area contributed by atoms with Crippen molar-refractivity contribution < 1.29 is 27.5 Å². The summed E-state index contributed by atoms with van der Waals surface area (Å²) in [7, 11) is 0. The monoisotopic (exact) mass is 448 g/mol. The largest absolute Gasteiger partial charge is 0.444 e. The van der Waals surface area contributed by atoms with E-state index in [1.165, 1.54) is 12.1 Å². The van der Waals surface area contributed by atoms with E-state index in [9.17, 15) is 22.8 Å². The Balaban J connectivity index is 1.88. The van der Waals surface area contributed by atoms with E-state index in [-0.39, 0.29) is 12.3 Å². The topological polar surface area (TPSA) is 58.6 Å². The maximum atomic E-state index is 13.0. The first-order valence-corrected chi connectivity index (χ1v) is 10.4. The Kier molecular flexibility index (Phi) is 6.81. The van der Waals surface area contributed by atoms with Crippen molar-refractivity contribution in [2.24, 2.45) is 5.92 Å². The van der Waals surface area contributed by atoms with Gasteiger partial charge in [-0.05, 0) is 74.6 Å². The summed E-state index contributed by atoms with van der Waals surface area (Å²) in [6.45, 7) is 6.17. The van der Waals surface area contributed by atoms with Gasteiger partial charge in [0, 0.05) is 30.9 Å². The lowest BCUT2D eigenvalue weighted by Gasteiger charge is -2.37. The molecule has 0 saturated carbocycles. The van der Waals surface area contributed by atoms with Crippen LogP contribution in [0.15, 0.2) is 42.5 Å². The van der Waals surface area contributed by atoms with Crippen LogP contribution in [-0.4, -0.2) is 31.1 Å². The quantitative estimate of drug-likeness (QED) is 0.632. The highest BCUT2D eigenvalue weighted by Gasteiger charge is 2.32. The molecule has 2 aromatic carbocycles. The fourth-order valence-electron chi connectivity index (χ4n) is 3.85. The number of anilines is 2. The van der Waals surface area contributed by atoms with Crippen LogP contribution in [-0.2, 0) is 28.5 Å². The summed E-state index contributed by atoms with van der Waals surface area (Å²) in [5.74, 6) is -0.0230. The molecule has 1 aliphatic heterocycles. The molecule has 0 aromatic heterocycles. The molecule has 5 nitrogen and oxygen atoms in total. The van der Waals surface area contributed by atoms with Crippen molar-refractivity contribution >= 4 is 23.8 Å². The minimum absolute atomic E-state index is 0.0230. The van der Waals surface area contributed by atoms with E-state index in [1.54, 1.807) is 20.8 Å². The molecule has 1 unspecified atom stereocenters. The Morgan fingerprint density at radius 1 is 1.16 bits per heavy atom. The maximum absolute atomic E-state index is 13.0. The van der Waals surface area contributed by atoms with Crippen molar-refractivity contribution in [3.63, 3.8) is 0 Å². The smallest absolute Gasteiger partial charge is 0.416 e. The Hall–Kier alpha value is -3.03. The molecule has 1 amide bonds. The second-order valence-corrected chi connectivity index (χ2v) is 8.89. The van der Waals surface area contributed by atoms with E-state index in [1.807, 2.05) is 23.1 Å². The number of alkyl halides is 3. The van der Waals surface area contributed by atoms with Crippen LogP contribution in [0.5, 0.6) is 0 Å². The molecule has 1 aliphatic rings. The summed E-state index contributed by atoms with van der Waals surface area (Å²) in [4.78, 5) is 25.2. The number of alkyl carbamates (subject to hydrolysis) is 1. The summed E-state index contributed by atoms with van der Waals surface area (Å²) in [6.07, 6.45) is -3.22. The highest BCUT2D eigenvalue weighted by molar-refractivity contribution is 5.72. The highest BCUT2D eigenvalue weighted by atomic mass is 19.4. The molecular formula is C24H27F3N2O3. The van der Waals surface area contributed by atoms with Crippen LogP contribution >= 0.6 is 0 Å². The van der Waals surface area contributed by atoms with E-state index < -0.39 is 23.4 Å². The molecular weight excluding hydrogens is 421 g/mol. The molecule has 0 bridgehead atoms. The van der Waals surface area contributed by atoms with Crippen molar-refractivity contribution in [3.05, 3.63) is 59.2 Å². The predicted octanol–water partition coefficient (Wildman–Crippen LogP) is 5.28. The van der Waals surface area contributed by atoms with Crippen molar-refractivity contribution in [1.29, 1.82) is 0 Å². The van der Waals surface area contributed by atoms with Gasteiger partial charge in [0.15, 0.2) is 0 Å². The first-order chi connectivity index (χ1) is 15.0. The number of nitrogens with one attached hydrogen (secondary N) is 1. The molecule has 0 spiro atoms. The second kappa shape index (κ2) is 9.22. The number of aldehydes is 1. The number of benzene rings is 2. The number of fused-ring (bicyclic) bond motifs is 1.